The monoisotopic (exact) mass is 296 g/mol. The van der Waals surface area contributed by atoms with Gasteiger partial charge in [0.2, 0.25) is 0 Å². The number of carbonyl (C=O) groups is 2. The summed E-state index contributed by atoms with van der Waals surface area (Å²) in [5.74, 6) is 0.303. The highest BCUT2D eigenvalue weighted by Crippen LogP contribution is 2.18. The topological polar surface area (TPSA) is 52.6 Å². The standard InChI is InChI=1S/C18H16O4/c1-13(19)21-17-7-3-5-15(11-17)9-10-16-6-4-8-18(12-16)22-14(2)20/h3-12H,1-2H3/b10-9+. The van der Waals surface area contributed by atoms with E-state index in [2.05, 4.69) is 0 Å². The van der Waals surface area contributed by atoms with Crippen molar-refractivity contribution in [2.45, 2.75) is 13.8 Å². The molecule has 0 aliphatic rings. The lowest BCUT2D eigenvalue weighted by atomic mass is 10.1. The Labute approximate surface area is 129 Å². The van der Waals surface area contributed by atoms with Crippen molar-refractivity contribution in [1.29, 1.82) is 0 Å². The van der Waals surface area contributed by atoms with Crippen molar-refractivity contribution in [3.63, 3.8) is 0 Å². The number of carbonyl (C=O) groups excluding carboxylic acids is 2. The molecule has 0 fully saturated rings. The lowest BCUT2D eigenvalue weighted by Crippen LogP contribution is -2.01. The van der Waals surface area contributed by atoms with E-state index in [4.69, 9.17) is 9.47 Å². The van der Waals surface area contributed by atoms with Crippen molar-refractivity contribution >= 4 is 24.1 Å². The third-order valence-electron chi connectivity index (χ3n) is 2.71. The Morgan fingerprint density at radius 1 is 0.773 bits per heavy atom. The van der Waals surface area contributed by atoms with E-state index in [0.29, 0.717) is 11.5 Å². The first-order valence-corrected chi connectivity index (χ1v) is 6.78. The van der Waals surface area contributed by atoms with Crippen LogP contribution in [-0.4, -0.2) is 11.9 Å². The van der Waals surface area contributed by atoms with Crippen molar-refractivity contribution in [3.05, 3.63) is 59.7 Å². The summed E-state index contributed by atoms with van der Waals surface area (Å²) in [5, 5.41) is 0. The molecule has 0 spiro atoms. The molecule has 2 aromatic carbocycles. The van der Waals surface area contributed by atoms with Crippen LogP contribution in [0.15, 0.2) is 48.5 Å². The second kappa shape index (κ2) is 7.22. The molecule has 0 N–H and O–H groups in total. The largest absolute Gasteiger partial charge is 0.427 e. The lowest BCUT2D eigenvalue weighted by Gasteiger charge is -2.03. The molecule has 0 bridgehead atoms. The van der Waals surface area contributed by atoms with Gasteiger partial charge in [-0.05, 0) is 35.4 Å². The van der Waals surface area contributed by atoms with Gasteiger partial charge in [0, 0.05) is 13.8 Å². The van der Waals surface area contributed by atoms with Crippen LogP contribution in [0.2, 0.25) is 0 Å². The highest BCUT2D eigenvalue weighted by atomic mass is 16.5. The van der Waals surface area contributed by atoms with Crippen molar-refractivity contribution in [2.24, 2.45) is 0 Å². The predicted octanol–water partition coefficient (Wildman–Crippen LogP) is 3.71. The van der Waals surface area contributed by atoms with E-state index in [1.165, 1.54) is 13.8 Å². The van der Waals surface area contributed by atoms with Gasteiger partial charge in [0.1, 0.15) is 11.5 Å². The van der Waals surface area contributed by atoms with Gasteiger partial charge < -0.3 is 9.47 Å². The smallest absolute Gasteiger partial charge is 0.308 e. The van der Waals surface area contributed by atoms with Crippen LogP contribution in [0.1, 0.15) is 25.0 Å². The zero-order valence-corrected chi connectivity index (χ0v) is 12.4. The predicted molar refractivity (Wildman–Crippen MR) is 84.4 cm³/mol. The molecule has 2 rings (SSSR count). The van der Waals surface area contributed by atoms with Gasteiger partial charge >= 0.3 is 11.9 Å². The minimum atomic E-state index is -0.352. The molecule has 0 saturated heterocycles. The van der Waals surface area contributed by atoms with Gasteiger partial charge in [0.05, 0.1) is 0 Å². The maximum Gasteiger partial charge on any atom is 0.308 e. The molecule has 2 aromatic rings. The second-order valence-corrected chi connectivity index (χ2v) is 4.67. The molecule has 0 aliphatic carbocycles. The van der Waals surface area contributed by atoms with Crippen LogP contribution < -0.4 is 9.47 Å². The van der Waals surface area contributed by atoms with Gasteiger partial charge in [0.25, 0.3) is 0 Å². The Morgan fingerprint density at radius 2 is 1.18 bits per heavy atom. The minimum absolute atomic E-state index is 0.352. The Hall–Kier alpha value is -2.88. The van der Waals surface area contributed by atoms with Gasteiger partial charge in [-0.1, -0.05) is 36.4 Å². The SMILES string of the molecule is CC(=O)Oc1cccc(/C=C/c2cccc(OC(C)=O)c2)c1. The summed E-state index contributed by atoms with van der Waals surface area (Å²) in [7, 11) is 0. The summed E-state index contributed by atoms with van der Waals surface area (Å²) < 4.78 is 10.1. The van der Waals surface area contributed by atoms with Crippen LogP contribution in [0.3, 0.4) is 0 Å². The summed E-state index contributed by atoms with van der Waals surface area (Å²) in [6.07, 6.45) is 3.78. The number of esters is 2. The van der Waals surface area contributed by atoms with E-state index >= 15 is 0 Å². The van der Waals surface area contributed by atoms with E-state index in [9.17, 15) is 9.59 Å². The molecule has 0 saturated carbocycles. The van der Waals surface area contributed by atoms with Crippen molar-refractivity contribution in [3.8, 4) is 11.5 Å². The number of benzene rings is 2. The van der Waals surface area contributed by atoms with Gasteiger partial charge in [0.15, 0.2) is 0 Å². The van der Waals surface area contributed by atoms with E-state index in [1.54, 1.807) is 24.3 Å². The molecule has 0 aromatic heterocycles. The zero-order chi connectivity index (χ0) is 15.9. The number of hydrogen-bond donors (Lipinski definition) is 0. The Morgan fingerprint density at radius 3 is 1.55 bits per heavy atom. The fourth-order valence-electron chi connectivity index (χ4n) is 1.89. The number of rotatable bonds is 4. The van der Waals surface area contributed by atoms with Crippen molar-refractivity contribution in [1.82, 2.24) is 0 Å². The van der Waals surface area contributed by atoms with E-state index in [-0.39, 0.29) is 11.9 Å². The molecule has 0 amide bonds. The molecular formula is C18H16O4. The van der Waals surface area contributed by atoms with Crippen LogP contribution >= 0.6 is 0 Å². The first-order chi connectivity index (χ1) is 10.5. The van der Waals surface area contributed by atoms with Gasteiger partial charge in [-0.3, -0.25) is 9.59 Å². The molecule has 0 unspecified atom stereocenters. The summed E-state index contributed by atoms with van der Waals surface area (Å²) in [6, 6.07) is 14.4. The molecule has 112 valence electrons. The quantitative estimate of drug-likeness (QED) is 0.490. The summed E-state index contributed by atoms with van der Waals surface area (Å²) in [6.45, 7) is 2.73. The first-order valence-electron chi connectivity index (χ1n) is 6.78. The van der Waals surface area contributed by atoms with Gasteiger partial charge in [-0.25, -0.2) is 0 Å². The highest BCUT2D eigenvalue weighted by Gasteiger charge is 1.99. The van der Waals surface area contributed by atoms with E-state index in [1.807, 2.05) is 36.4 Å². The van der Waals surface area contributed by atoms with Crippen LogP contribution in [0.25, 0.3) is 12.2 Å². The van der Waals surface area contributed by atoms with Crippen LogP contribution in [-0.2, 0) is 9.59 Å². The van der Waals surface area contributed by atoms with E-state index < -0.39 is 0 Å². The third kappa shape index (κ3) is 4.90. The number of hydrogen-bond acceptors (Lipinski definition) is 4. The minimum Gasteiger partial charge on any atom is -0.427 e. The fourth-order valence-corrected chi connectivity index (χ4v) is 1.89. The normalized spacial score (nSPS) is 10.5. The van der Waals surface area contributed by atoms with Crippen LogP contribution in [0, 0.1) is 0 Å². The van der Waals surface area contributed by atoms with Crippen molar-refractivity contribution < 1.29 is 19.1 Å². The Kier molecular flexibility index (Phi) is 5.09. The average molecular weight is 296 g/mol. The van der Waals surface area contributed by atoms with Crippen molar-refractivity contribution in [2.75, 3.05) is 0 Å². The molecule has 0 heterocycles. The second-order valence-electron chi connectivity index (χ2n) is 4.67. The molecule has 0 aliphatic heterocycles. The Bertz CT molecular complexity index is 655. The first kappa shape index (κ1) is 15.5. The molecule has 0 atom stereocenters. The lowest BCUT2D eigenvalue weighted by molar-refractivity contribution is -0.132. The Balaban J connectivity index is 2.14. The summed E-state index contributed by atoms with van der Waals surface area (Å²) in [4.78, 5) is 21.9. The fraction of sp³-hybridized carbons (Fsp3) is 0.111. The molecule has 4 heteroatoms. The third-order valence-corrected chi connectivity index (χ3v) is 2.71. The maximum atomic E-state index is 10.9. The number of ether oxygens (including phenoxy) is 2. The van der Waals surface area contributed by atoms with E-state index in [0.717, 1.165) is 11.1 Å². The summed E-state index contributed by atoms with van der Waals surface area (Å²) >= 11 is 0. The van der Waals surface area contributed by atoms with Crippen LogP contribution in [0.4, 0.5) is 0 Å². The molecular weight excluding hydrogens is 280 g/mol. The highest BCUT2D eigenvalue weighted by molar-refractivity contribution is 5.73. The zero-order valence-electron chi connectivity index (χ0n) is 12.4. The van der Waals surface area contributed by atoms with Gasteiger partial charge in [-0.2, -0.15) is 0 Å². The molecule has 4 nitrogen and oxygen atoms in total. The van der Waals surface area contributed by atoms with Crippen LogP contribution in [0.5, 0.6) is 11.5 Å². The summed E-state index contributed by atoms with van der Waals surface area (Å²) in [5.41, 5.74) is 1.80. The van der Waals surface area contributed by atoms with Gasteiger partial charge in [-0.15, -0.1) is 0 Å². The molecule has 22 heavy (non-hydrogen) atoms. The molecule has 0 radical (unpaired) electrons. The maximum absolute atomic E-state index is 10.9. The average Bonchev–Trinajstić information content (AvgIpc) is 2.44.